The van der Waals surface area contributed by atoms with Crippen LogP contribution in [0.4, 0.5) is 0 Å². The summed E-state index contributed by atoms with van der Waals surface area (Å²) in [4.78, 5) is 0. The first-order valence-corrected chi connectivity index (χ1v) is 5.53. The molecule has 0 fully saturated rings. The van der Waals surface area contributed by atoms with Crippen LogP contribution < -0.4 is 0 Å². The smallest absolute Gasteiger partial charge is 0.0144 e. The van der Waals surface area contributed by atoms with Gasteiger partial charge in [0.05, 0.1) is 0 Å². The predicted octanol–water partition coefficient (Wildman–Crippen LogP) is 4.73. The molecule has 0 radical (unpaired) electrons. The fourth-order valence-electron chi connectivity index (χ4n) is 1.39. The molecule has 0 saturated heterocycles. The topological polar surface area (TPSA) is 0 Å². The SMILES string of the molecule is CC.CCC(C)(C)C1=CC=CCC1. The van der Waals surface area contributed by atoms with Gasteiger partial charge in [0, 0.05) is 0 Å². The summed E-state index contributed by atoms with van der Waals surface area (Å²) in [5.74, 6) is 0. The molecule has 0 aromatic heterocycles. The zero-order valence-electron chi connectivity index (χ0n) is 9.85. The molecule has 0 bridgehead atoms. The second kappa shape index (κ2) is 6.01. The first-order valence-electron chi connectivity index (χ1n) is 5.53. The van der Waals surface area contributed by atoms with E-state index in [2.05, 4.69) is 39.0 Å². The highest BCUT2D eigenvalue weighted by Crippen LogP contribution is 2.34. The van der Waals surface area contributed by atoms with E-state index in [0.717, 1.165) is 0 Å². The second-order valence-electron chi connectivity index (χ2n) is 3.90. The van der Waals surface area contributed by atoms with Crippen molar-refractivity contribution in [1.29, 1.82) is 0 Å². The summed E-state index contributed by atoms with van der Waals surface area (Å²) >= 11 is 0. The molecular formula is C13H24. The van der Waals surface area contributed by atoms with E-state index in [9.17, 15) is 0 Å². The van der Waals surface area contributed by atoms with Crippen LogP contribution in [0.2, 0.25) is 0 Å². The average molecular weight is 180 g/mol. The molecule has 76 valence electrons. The molecule has 0 heterocycles. The van der Waals surface area contributed by atoms with Crippen molar-refractivity contribution in [3.8, 4) is 0 Å². The van der Waals surface area contributed by atoms with E-state index >= 15 is 0 Å². The standard InChI is InChI=1S/C11H18.C2H6/c1-4-11(2,3)10-8-6-5-7-9-10;1-2/h5-6,8H,4,7,9H2,1-3H3;1-2H3. The predicted molar refractivity (Wildman–Crippen MR) is 61.9 cm³/mol. The van der Waals surface area contributed by atoms with Gasteiger partial charge >= 0.3 is 0 Å². The van der Waals surface area contributed by atoms with Crippen LogP contribution in [0.1, 0.15) is 53.9 Å². The van der Waals surface area contributed by atoms with Gasteiger partial charge in [0.25, 0.3) is 0 Å². The van der Waals surface area contributed by atoms with E-state index in [-0.39, 0.29) is 0 Å². The Morgan fingerprint density at radius 1 is 1.31 bits per heavy atom. The summed E-state index contributed by atoms with van der Waals surface area (Å²) in [5, 5.41) is 0. The van der Waals surface area contributed by atoms with Crippen molar-refractivity contribution >= 4 is 0 Å². The van der Waals surface area contributed by atoms with Gasteiger partial charge in [-0.2, -0.15) is 0 Å². The first kappa shape index (κ1) is 12.5. The molecule has 0 atom stereocenters. The molecule has 0 aromatic carbocycles. The zero-order chi connectivity index (χ0) is 10.3. The quantitative estimate of drug-likeness (QED) is 0.576. The van der Waals surface area contributed by atoms with Crippen molar-refractivity contribution in [3.63, 3.8) is 0 Å². The molecule has 0 spiro atoms. The molecule has 0 amide bonds. The molecule has 0 heteroatoms. The van der Waals surface area contributed by atoms with E-state index < -0.39 is 0 Å². The highest BCUT2D eigenvalue weighted by atomic mass is 14.2. The maximum Gasteiger partial charge on any atom is -0.0144 e. The molecule has 0 aromatic rings. The van der Waals surface area contributed by atoms with Crippen LogP contribution in [0.5, 0.6) is 0 Å². The number of rotatable bonds is 2. The van der Waals surface area contributed by atoms with Crippen LogP contribution in [-0.4, -0.2) is 0 Å². The molecule has 0 unspecified atom stereocenters. The van der Waals surface area contributed by atoms with Crippen molar-refractivity contribution in [2.45, 2.75) is 53.9 Å². The third kappa shape index (κ3) is 3.80. The van der Waals surface area contributed by atoms with Gasteiger partial charge < -0.3 is 0 Å². The van der Waals surface area contributed by atoms with Crippen molar-refractivity contribution in [2.24, 2.45) is 5.41 Å². The summed E-state index contributed by atoms with van der Waals surface area (Å²) in [7, 11) is 0. The molecule has 0 N–H and O–H groups in total. The Bertz CT molecular complexity index is 182. The minimum absolute atomic E-state index is 0.421. The minimum Gasteiger partial charge on any atom is -0.0842 e. The van der Waals surface area contributed by atoms with Crippen LogP contribution in [-0.2, 0) is 0 Å². The molecule has 0 aliphatic heterocycles. The first-order chi connectivity index (χ1) is 6.17. The summed E-state index contributed by atoms with van der Waals surface area (Å²) in [6.45, 7) is 10.9. The van der Waals surface area contributed by atoms with Gasteiger partial charge in [-0.15, -0.1) is 0 Å². The van der Waals surface area contributed by atoms with Gasteiger partial charge in [-0.05, 0) is 24.7 Å². The Hall–Kier alpha value is -0.520. The third-order valence-electron chi connectivity index (χ3n) is 2.77. The lowest BCUT2D eigenvalue weighted by Gasteiger charge is -2.27. The summed E-state index contributed by atoms with van der Waals surface area (Å²) < 4.78 is 0. The second-order valence-corrected chi connectivity index (χ2v) is 3.90. The Labute approximate surface area is 83.7 Å². The summed E-state index contributed by atoms with van der Waals surface area (Å²) in [6.07, 6.45) is 10.5. The number of hydrogen-bond acceptors (Lipinski definition) is 0. The van der Waals surface area contributed by atoms with Gasteiger partial charge in [-0.3, -0.25) is 0 Å². The van der Waals surface area contributed by atoms with Crippen molar-refractivity contribution in [3.05, 3.63) is 23.8 Å². The minimum atomic E-state index is 0.421. The fourth-order valence-corrected chi connectivity index (χ4v) is 1.39. The maximum atomic E-state index is 2.33. The van der Waals surface area contributed by atoms with Crippen LogP contribution in [0, 0.1) is 5.41 Å². The summed E-state index contributed by atoms with van der Waals surface area (Å²) in [5.41, 5.74) is 2.03. The largest absolute Gasteiger partial charge is 0.0842 e. The normalized spacial score (nSPS) is 15.9. The molecule has 1 aliphatic rings. The monoisotopic (exact) mass is 180 g/mol. The van der Waals surface area contributed by atoms with Gasteiger partial charge in [0.2, 0.25) is 0 Å². The molecule has 1 aliphatic carbocycles. The van der Waals surface area contributed by atoms with Crippen LogP contribution in [0.3, 0.4) is 0 Å². The van der Waals surface area contributed by atoms with Crippen LogP contribution >= 0.6 is 0 Å². The Morgan fingerprint density at radius 3 is 2.31 bits per heavy atom. The fraction of sp³-hybridized carbons (Fsp3) is 0.692. The van der Waals surface area contributed by atoms with E-state index in [1.165, 1.54) is 19.3 Å². The third-order valence-corrected chi connectivity index (χ3v) is 2.77. The Kier molecular flexibility index (Phi) is 5.77. The lowest BCUT2D eigenvalue weighted by molar-refractivity contribution is 0.413. The number of allylic oxidation sites excluding steroid dienone is 4. The van der Waals surface area contributed by atoms with E-state index in [1.807, 2.05) is 13.8 Å². The lowest BCUT2D eigenvalue weighted by atomic mass is 9.78. The average Bonchev–Trinajstić information content (AvgIpc) is 2.22. The van der Waals surface area contributed by atoms with Gasteiger partial charge in [0.15, 0.2) is 0 Å². The van der Waals surface area contributed by atoms with Crippen molar-refractivity contribution < 1.29 is 0 Å². The maximum absolute atomic E-state index is 2.33. The lowest BCUT2D eigenvalue weighted by Crippen LogP contribution is -2.14. The van der Waals surface area contributed by atoms with Crippen LogP contribution in [0.25, 0.3) is 0 Å². The Morgan fingerprint density at radius 2 is 1.92 bits per heavy atom. The molecule has 0 saturated carbocycles. The Balaban J connectivity index is 0.000000671. The van der Waals surface area contributed by atoms with Gasteiger partial charge in [-0.25, -0.2) is 0 Å². The number of hydrogen-bond donors (Lipinski definition) is 0. The molecule has 1 rings (SSSR count). The van der Waals surface area contributed by atoms with Crippen LogP contribution in [0.15, 0.2) is 23.8 Å². The van der Waals surface area contributed by atoms with Crippen molar-refractivity contribution in [1.82, 2.24) is 0 Å². The zero-order valence-corrected chi connectivity index (χ0v) is 9.85. The van der Waals surface area contributed by atoms with E-state index in [1.54, 1.807) is 5.57 Å². The summed E-state index contributed by atoms with van der Waals surface area (Å²) in [6, 6.07) is 0. The van der Waals surface area contributed by atoms with Crippen molar-refractivity contribution in [2.75, 3.05) is 0 Å². The highest BCUT2D eigenvalue weighted by Gasteiger charge is 2.20. The van der Waals surface area contributed by atoms with E-state index in [4.69, 9.17) is 0 Å². The molecule has 13 heavy (non-hydrogen) atoms. The van der Waals surface area contributed by atoms with Gasteiger partial charge in [0.1, 0.15) is 0 Å². The molecular weight excluding hydrogens is 156 g/mol. The molecule has 0 nitrogen and oxygen atoms in total. The van der Waals surface area contributed by atoms with Gasteiger partial charge in [-0.1, -0.05) is 58.4 Å². The highest BCUT2D eigenvalue weighted by molar-refractivity contribution is 5.22. The van der Waals surface area contributed by atoms with E-state index in [0.29, 0.717) is 5.41 Å².